The van der Waals surface area contributed by atoms with Crippen LogP contribution in [-0.2, 0) is 10.0 Å². The van der Waals surface area contributed by atoms with E-state index in [2.05, 4.69) is 25.1 Å². The van der Waals surface area contributed by atoms with E-state index in [1.807, 2.05) is 0 Å². The topological polar surface area (TPSA) is 127 Å². The van der Waals surface area contributed by atoms with E-state index in [1.54, 1.807) is 30.3 Å². The van der Waals surface area contributed by atoms with Gasteiger partial charge < -0.3 is 4.74 Å². The van der Waals surface area contributed by atoms with Crippen LogP contribution in [0.2, 0.25) is 0 Å². The standard InChI is InChI=1S/C23H16FN5O4S2/c1-33-20-10-14(13-3-2-4-15(24)9-13)5-7-18(20)21-17-8-6-16(11-19(17)22(30)27-26-21)35(31,32)29-23-28-25-12-34-23/h2-12H,1H3,(H,27,30)(H,28,29). The Balaban J connectivity index is 1.61. The van der Waals surface area contributed by atoms with Gasteiger partial charge in [0.2, 0.25) is 5.13 Å². The number of H-pyrrole nitrogens is 1. The summed E-state index contributed by atoms with van der Waals surface area (Å²) in [5.41, 5.74) is 3.21. The first-order valence-corrected chi connectivity index (χ1v) is 12.5. The minimum atomic E-state index is -3.99. The highest BCUT2D eigenvalue weighted by atomic mass is 32.2. The Morgan fingerprint density at radius 3 is 2.60 bits per heavy atom. The molecule has 12 heteroatoms. The van der Waals surface area contributed by atoms with E-state index in [-0.39, 0.29) is 21.2 Å². The highest BCUT2D eigenvalue weighted by molar-refractivity contribution is 7.93. The zero-order valence-electron chi connectivity index (χ0n) is 18.0. The maximum atomic E-state index is 13.7. The molecule has 0 atom stereocenters. The number of sulfonamides is 1. The van der Waals surface area contributed by atoms with Crippen LogP contribution in [-0.4, -0.2) is 35.9 Å². The molecule has 0 saturated heterocycles. The third kappa shape index (κ3) is 4.36. The van der Waals surface area contributed by atoms with Gasteiger partial charge in [-0.1, -0.05) is 35.6 Å². The summed E-state index contributed by atoms with van der Waals surface area (Å²) in [7, 11) is -2.50. The normalized spacial score (nSPS) is 11.5. The van der Waals surface area contributed by atoms with Crippen molar-refractivity contribution in [3.05, 3.63) is 82.3 Å². The number of methoxy groups -OCH3 is 1. The van der Waals surface area contributed by atoms with Crippen molar-refractivity contribution in [3.63, 3.8) is 0 Å². The molecule has 0 aliphatic heterocycles. The number of aromatic amines is 1. The Morgan fingerprint density at radius 1 is 1.03 bits per heavy atom. The summed E-state index contributed by atoms with van der Waals surface area (Å²) >= 11 is 1.03. The molecule has 0 aliphatic rings. The average molecular weight is 510 g/mol. The molecule has 2 aromatic heterocycles. The van der Waals surface area contributed by atoms with Gasteiger partial charge in [0.1, 0.15) is 22.8 Å². The summed E-state index contributed by atoms with van der Waals surface area (Å²) in [6.45, 7) is 0. The lowest BCUT2D eigenvalue weighted by Crippen LogP contribution is -2.15. The van der Waals surface area contributed by atoms with Crippen molar-refractivity contribution < 1.29 is 17.5 Å². The number of hydrogen-bond donors (Lipinski definition) is 2. The molecule has 2 N–H and O–H groups in total. The molecule has 9 nitrogen and oxygen atoms in total. The van der Waals surface area contributed by atoms with Crippen molar-refractivity contribution in [1.82, 2.24) is 20.4 Å². The Bertz CT molecular complexity index is 1720. The van der Waals surface area contributed by atoms with Crippen molar-refractivity contribution in [2.24, 2.45) is 0 Å². The fourth-order valence-electron chi connectivity index (χ4n) is 3.64. The molecule has 0 amide bonds. The monoisotopic (exact) mass is 509 g/mol. The number of nitrogens with zero attached hydrogens (tertiary/aromatic N) is 3. The molecular weight excluding hydrogens is 493 g/mol. The minimum absolute atomic E-state index is 0.109. The van der Waals surface area contributed by atoms with Gasteiger partial charge in [-0.25, -0.2) is 17.9 Å². The van der Waals surface area contributed by atoms with E-state index in [4.69, 9.17) is 4.74 Å². The van der Waals surface area contributed by atoms with Gasteiger partial charge in [-0.15, -0.1) is 10.2 Å². The zero-order chi connectivity index (χ0) is 24.6. The predicted molar refractivity (Wildman–Crippen MR) is 130 cm³/mol. The lowest BCUT2D eigenvalue weighted by molar-refractivity contribution is 0.416. The van der Waals surface area contributed by atoms with E-state index in [0.29, 0.717) is 28.0 Å². The van der Waals surface area contributed by atoms with Crippen LogP contribution >= 0.6 is 11.3 Å². The number of aromatic nitrogens is 4. The fraction of sp³-hybridized carbons (Fsp3) is 0.0435. The number of rotatable bonds is 6. The Hall–Kier alpha value is -4.16. The molecule has 0 fully saturated rings. The second-order valence-electron chi connectivity index (χ2n) is 7.38. The molecule has 5 rings (SSSR count). The number of benzene rings is 3. The molecule has 0 saturated carbocycles. The molecule has 2 heterocycles. The summed E-state index contributed by atoms with van der Waals surface area (Å²) in [5.74, 6) is 0.0902. The van der Waals surface area contributed by atoms with Crippen molar-refractivity contribution in [2.75, 3.05) is 11.8 Å². The zero-order valence-corrected chi connectivity index (χ0v) is 19.7. The molecule has 5 aromatic rings. The fourth-order valence-corrected chi connectivity index (χ4v) is 5.36. The highest BCUT2D eigenvalue weighted by Crippen LogP contribution is 2.36. The molecule has 0 spiro atoms. The Kier molecular flexibility index (Phi) is 5.75. The van der Waals surface area contributed by atoms with E-state index < -0.39 is 15.6 Å². The van der Waals surface area contributed by atoms with Gasteiger partial charge in [0, 0.05) is 10.9 Å². The summed E-state index contributed by atoms with van der Waals surface area (Å²) in [5, 5.41) is 14.6. The number of ether oxygens (including phenoxy) is 1. The third-order valence-electron chi connectivity index (χ3n) is 5.27. The summed E-state index contributed by atoms with van der Waals surface area (Å²) < 4.78 is 47.1. The second kappa shape index (κ2) is 8.89. The van der Waals surface area contributed by atoms with Gasteiger partial charge in [-0.2, -0.15) is 5.10 Å². The van der Waals surface area contributed by atoms with Gasteiger partial charge in [-0.05, 0) is 47.5 Å². The van der Waals surface area contributed by atoms with Gasteiger partial charge in [0.15, 0.2) is 0 Å². The van der Waals surface area contributed by atoms with E-state index in [9.17, 15) is 17.6 Å². The maximum Gasteiger partial charge on any atom is 0.272 e. The SMILES string of the molecule is COc1cc(-c2cccc(F)c2)ccc1-c1n[nH]c(=O)c2cc(S(=O)(=O)Nc3nncs3)ccc12. The lowest BCUT2D eigenvalue weighted by atomic mass is 9.99. The molecular formula is C23H16FN5O4S2. The molecule has 0 bridgehead atoms. The number of hydrogen-bond acceptors (Lipinski definition) is 8. The van der Waals surface area contributed by atoms with E-state index in [0.717, 1.165) is 16.9 Å². The molecule has 0 radical (unpaired) electrons. The van der Waals surface area contributed by atoms with Crippen molar-refractivity contribution in [2.45, 2.75) is 4.90 Å². The smallest absolute Gasteiger partial charge is 0.272 e. The van der Waals surface area contributed by atoms with Gasteiger partial charge in [-0.3, -0.25) is 9.52 Å². The van der Waals surface area contributed by atoms with E-state index in [1.165, 1.54) is 43.0 Å². The number of halogens is 1. The Morgan fingerprint density at radius 2 is 1.86 bits per heavy atom. The second-order valence-corrected chi connectivity index (χ2v) is 9.90. The van der Waals surface area contributed by atoms with Crippen molar-refractivity contribution in [1.29, 1.82) is 0 Å². The minimum Gasteiger partial charge on any atom is -0.496 e. The van der Waals surface area contributed by atoms with E-state index >= 15 is 0 Å². The summed E-state index contributed by atoms with van der Waals surface area (Å²) in [4.78, 5) is 12.4. The first kappa shape index (κ1) is 22.6. The van der Waals surface area contributed by atoms with Gasteiger partial charge in [0.05, 0.1) is 17.4 Å². The molecule has 0 aliphatic carbocycles. The molecule has 3 aromatic carbocycles. The molecule has 0 unspecified atom stereocenters. The largest absolute Gasteiger partial charge is 0.496 e. The highest BCUT2D eigenvalue weighted by Gasteiger charge is 2.20. The van der Waals surface area contributed by atoms with Crippen LogP contribution in [0, 0.1) is 5.82 Å². The molecule has 176 valence electrons. The number of fused-ring (bicyclic) bond motifs is 1. The predicted octanol–water partition coefficient (Wildman–Crippen LogP) is 4.06. The number of nitrogens with one attached hydrogen (secondary N) is 2. The first-order valence-electron chi connectivity index (χ1n) is 10.1. The van der Waals surface area contributed by atoms with Gasteiger partial charge >= 0.3 is 0 Å². The van der Waals surface area contributed by atoms with Crippen LogP contribution in [0.5, 0.6) is 5.75 Å². The van der Waals surface area contributed by atoms with Crippen LogP contribution < -0.4 is 15.0 Å². The Labute approximate surface area is 202 Å². The third-order valence-corrected chi connectivity index (χ3v) is 7.34. The summed E-state index contributed by atoms with van der Waals surface area (Å²) in [6.07, 6.45) is 0. The van der Waals surface area contributed by atoms with Crippen molar-refractivity contribution in [3.8, 4) is 28.1 Å². The van der Waals surface area contributed by atoms with Gasteiger partial charge in [0.25, 0.3) is 15.6 Å². The van der Waals surface area contributed by atoms with Crippen LogP contribution in [0.25, 0.3) is 33.2 Å². The first-order chi connectivity index (χ1) is 16.9. The average Bonchev–Trinajstić information content (AvgIpc) is 3.36. The quantitative estimate of drug-likeness (QED) is 0.353. The van der Waals surface area contributed by atoms with Crippen LogP contribution in [0.3, 0.4) is 0 Å². The molecule has 35 heavy (non-hydrogen) atoms. The maximum absolute atomic E-state index is 13.7. The van der Waals surface area contributed by atoms with Crippen LogP contribution in [0.1, 0.15) is 0 Å². The number of anilines is 1. The summed E-state index contributed by atoms with van der Waals surface area (Å²) in [6, 6.07) is 15.6. The van der Waals surface area contributed by atoms with Crippen LogP contribution in [0.4, 0.5) is 9.52 Å². The van der Waals surface area contributed by atoms with Crippen molar-refractivity contribution >= 4 is 37.3 Å². The lowest BCUT2D eigenvalue weighted by Gasteiger charge is -2.13. The van der Waals surface area contributed by atoms with Crippen LogP contribution in [0.15, 0.2) is 75.9 Å².